The Balaban J connectivity index is 1.89. The zero-order valence-corrected chi connectivity index (χ0v) is 25.6. The van der Waals surface area contributed by atoms with E-state index in [2.05, 4.69) is 93.6 Å². The van der Waals surface area contributed by atoms with Gasteiger partial charge in [0, 0.05) is 5.56 Å². The second-order valence-corrected chi connectivity index (χ2v) is 12.6. The van der Waals surface area contributed by atoms with Crippen molar-refractivity contribution < 1.29 is 14.9 Å². The van der Waals surface area contributed by atoms with Gasteiger partial charge in [0.15, 0.2) is 0 Å². The van der Waals surface area contributed by atoms with Gasteiger partial charge in [0.25, 0.3) is 0 Å². The van der Waals surface area contributed by atoms with Gasteiger partial charge in [-0.2, -0.15) is 0 Å². The number of phenolic OH excluding ortho intramolecular Hbond substituents is 2. The van der Waals surface area contributed by atoms with Crippen LogP contribution in [0.2, 0.25) is 0 Å². The average molecular weight is 549 g/mol. The van der Waals surface area contributed by atoms with E-state index in [0.717, 1.165) is 46.2 Å². The molecule has 214 valence electrons. The summed E-state index contributed by atoms with van der Waals surface area (Å²) in [4.78, 5) is 0. The largest absolute Gasteiger partial charge is 0.507 e. The lowest BCUT2D eigenvalue weighted by molar-refractivity contribution is 0.0644. The number of benzene rings is 4. The summed E-state index contributed by atoms with van der Waals surface area (Å²) in [5.41, 5.74) is 10.2. The third-order valence-corrected chi connectivity index (χ3v) is 9.10. The van der Waals surface area contributed by atoms with E-state index in [1.807, 2.05) is 27.7 Å². The Morgan fingerprint density at radius 2 is 1.20 bits per heavy atom. The molecule has 4 aromatic rings. The highest BCUT2D eigenvalue weighted by molar-refractivity contribution is 5.69. The third-order valence-electron chi connectivity index (χ3n) is 9.10. The Hall–Kier alpha value is -3.56. The van der Waals surface area contributed by atoms with Gasteiger partial charge in [-0.1, -0.05) is 87.5 Å². The first kappa shape index (κ1) is 29.0. The Kier molecular flexibility index (Phi) is 8.03. The van der Waals surface area contributed by atoms with Crippen molar-refractivity contribution in [2.75, 3.05) is 0 Å². The van der Waals surface area contributed by atoms with E-state index in [-0.39, 0.29) is 11.9 Å². The summed E-state index contributed by atoms with van der Waals surface area (Å²) in [5, 5.41) is 22.4. The highest BCUT2D eigenvalue weighted by atomic mass is 16.5. The zero-order chi connectivity index (χ0) is 29.5. The van der Waals surface area contributed by atoms with Gasteiger partial charge >= 0.3 is 0 Å². The van der Waals surface area contributed by atoms with E-state index in [4.69, 9.17) is 4.74 Å². The second kappa shape index (κ2) is 11.4. The fraction of sp³-hybridized carbons (Fsp3) is 0.368. The quantitative estimate of drug-likeness (QED) is 0.204. The molecule has 4 aromatic carbocycles. The monoisotopic (exact) mass is 548 g/mol. The molecular weight excluding hydrogens is 504 g/mol. The molecule has 41 heavy (non-hydrogen) atoms. The summed E-state index contributed by atoms with van der Waals surface area (Å²) in [5.74, 6) is 1.61. The molecule has 1 unspecified atom stereocenters. The van der Waals surface area contributed by atoms with Gasteiger partial charge in [-0.15, -0.1) is 0 Å². The van der Waals surface area contributed by atoms with Gasteiger partial charge in [0.05, 0.1) is 18.1 Å². The molecular formula is C38H44O3. The maximum atomic E-state index is 11.3. The standard InChI is InChI=1S/C38H44O3/c1-23(2)25(5)16-30-20-32(17-26(6)36(30)39)38(33-18-27(7)37(40)31(21-33)22-41-24(3)4)34-14-10-8-12-28(34)19-29-13-9-11-15-35(29)38/h8-15,17-18,20-21,23-25,39-40H,16,19,22H2,1-7H3. The molecule has 3 nitrogen and oxygen atoms in total. The Labute approximate surface area is 245 Å². The first-order valence-electron chi connectivity index (χ1n) is 15.0. The average Bonchev–Trinajstić information content (AvgIpc) is 2.94. The minimum absolute atomic E-state index is 0.0497. The van der Waals surface area contributed by atoms with Crippen LogP contribution in [0.25, 0.3) is 0 Å². The fourth-order valence-electron chi connectivity index (χ4n) is 6.46. The van der Waals surface area contributed by atoms with Gasteiger partial charge in [0.1, 0.15) is 11.5 Å². The Bertz CT molecular complexity index is 1520. The number of rotatable bonds is 8. The highest BCUT2D eigenvalue weighted by Gasteiger charge is 2.44. The molecule has 0 spiro atoms. The molecule has 0 saturated heterocycles. The molecule has 3 heteroatoms. The van der Waals surface area contributed by atoms with Crippen LogP contribution >= 0.6 is 0 Å². The zero-order valence-electron chi connectivity index (χ0n) is 25.6. The fourth-order valence-corrected chi connectivity index (χ4v) is 6.46. The summed E-state index contributed by atoms with van der Waals surface area (Å²) in [7, 11) is 0. The van der Waals surface area contributed by atoms with E-state index < -0.39 is 5.41 Å². The first-order valence-corrected chi connectivity index (χ1v) is 15.0. The maximum absolute atomic E-state index is 11.3. The van der Waals surface area contributed by atoms with Crippen LogP contribution in [0, 0.1) is 25.7 Å². The van der Waals surface area contributed by atoms with Crippen LogP contribution in [0.1, 0.15) is 90.3 Å². The molecule has 0 radical (unpaired) electrons. The smallest absolute Gasteiger partial charge is 0.124 e. The predicted octanol–water partition coefficient (Wildman–Crippen LogP) is 8.76. The van der Waals surface area contributed by atoms with Crippen molar-refractivity contribution in [3.05, 3.63) is 128 Å². The molecule has 2 N–H and O–H groups in total. The lowest BCUT2D eigenvalue weighted by atomic mass is 9.59. The summed E-state index contributed by atoms with van der Waals surface area (Å²) >= 11 is 0. The molecule has 1 atom stereocenters. The minimum atomic E-state index is -0.634. The SMILES string of the molecule is Cc1cc(C2(c3cc(C)c(O)c(CC(C)C(C)C)c3)c3ccccc3Cc3ccccc32)cc(COC(C)C)c1O. The predicted molar refractivity (Wildman–Crippen MR) is 168 cm³/mol. The van der Waals surface area contributed by atoms with Crippen molar-refractivity contribution in [2.24, 2.45) is 11.8 Å². The van der Waals surface area contributed by atoms with Crippen LogP contribution in [0.15, 0.2) is 72.8 Å². The third kappa shape index (κ3) is 5.17. The molecule has 0 heterocycles. The van der Waals surface area contributed by atoms with Crippen LogP contribution in [0.5, 0.6) is 11.5 Å². The van der Waals surface area contributed by atoms with Crippen molar-refractivity contribution in [3.8, 4) is 11.5 Å². The molecule has 0 amide bonds. The van der Waals surface area contributed by atoms with E-state index >= 15 is 0 Å². The van der Waals surface area contributed by atoms with Crippen LogP contribution in [-0.4, -0.2) is 16.3 Å². The molecule has 0 saturated carbocycles. The number of phenols is 2. The molecule has 5 rings (SSSR count). The van der Waals surface area contributed by atoms with Gasteiger partial charge in [0.2, 0.25) is 0 Å². The molecule has 0 aliphatic heterocycles. The number of aryl methyl sites for hydroxylation is 2. The van der Waals surface area contributed by atoms with Gasteiger partial charge in [-0.25, -0.2) is 0 Å². The summed E-state index contributed by atoms with van der Waals surface area (Å²) < 4.78 is 6.01. The first-order chi connectivity index (χ1) is 19.5. The summed E-state index contributed by atoms with van der Waals surface area (Å²) in [6.07, 6.45) is 1.72. The van der Waals surface area contributed by atoms with Crippen LogP contribution in [0.3, 0.4) is 0 Å². The molecule has 0 bridgehead atoms. The normalized spacial score (nSPS) is 14.7. The van der Waals surface area contributed by atoms with Crippen molar-refractivity contribution >= 4 is 0 Å². The van der Waals surface area contributed by atoms with E-state index in [9.17, 15) is 10.2 Å². The van der Waals surface area contributed by atoms with Crippen LogP contribution < -0.4 is 0 Å². The van der Waals surface area contributed by atoms with Crippen LogP contribution in [0.4, 0.5) is 0 Å². The van der Waals surface area contributed by atoms with Crippen molar-refractivity contribution in [1.29, 1.82) is 0 Å². The number of aromatic hydroxyl groups is 2. The Morgan fingerprint density at radius 1 is 0.707 bits per heavy atom. The number of hydrogen-bond donors (Lipinski definition) is 2. The van der Waals surface area contributed by atoms with Crippen LogP contribution in [-0.2, 0) is 29.6 Å². The number of ether oxygens (including phenoxy) is 1. The molecule has 0 aromatic heterocycles. The lowest BCUT2D eigenvalue weighted by Crippen LogP contribution is -2.36. The topological polar surface area (TPSA) is 49.7 Å². The minimum Gasteiger partial charge on any atom is -0.507 e. The molecule has 0 fully saturated rings. The Morgan fingerprint density at radius 3 is 1.71 bits per heavy atom. The van der Waals surface area contributed by atoms with Crippen molar-refractivity contribution in [3.63, 3.8) is 0 Å². The highest BCUT2D eigenvalue weighted by Crippen LogP contribution is 2.52. The van der Waals surface area contributed by atoms with Crippen molar-refractivity contribution in [1.82, 2.24) is 0 Å². The summed E-state index contributed by atoms with van der Waals surface area (Å²) in [6.45, 7) is 15.1. The number of fused-ring (bicyclic) bond motifs is 2. The lowest BCUT2D eigenvalue weighted by Gasteiger charge is -2.43. The van der Waals surface area contributed by atoms with Crippen molar-refractivity contribution in [2.45, 2.75) is 79.4 Å². The van der Waals surface area contributed by atoms with Gasteiger partial charge < -0.3 is 14.9 Å². The van der Waals surface area contributed by atoms with E-state index in [0.29, 0.717) is 24.2 Å². The van der Waals surface area contributed by atoms with E-state index in [1.165, 1.54) is 22.3 Å². The second-order valence-electron chi connectivity index (χ2n) is 12.6. The van der Waals surface area contributed by atoms with E-state index in [1.54, 1.807) is 0 Å². The van der Waals surface area contributed by atoms with Gasteiger partial charge in [-0.05, 0) is 109 Å². The number of hydrogen-bond acceptors (Lipinski definition) is 3. The molecule has 1 aliphatic rings. The summed E-state index contributed by atoms with van der Waals surface area (Å²) in [6, 6.07) is 26.2. The molecule has 1 aliphatic carbocycles. The van der Waals surface area contributed by atoms with Gasteiger partial charge in [-0.3, -0.25) is 0 Å². The maximum Gasteiger partial charge on any atom is 0.124 e.